The molecule has 1 aliphatic rings. The molecule has 1 amide bonds. The van der Waals surface area contributed by atoms with Crippen LogP contribution >= 0.6 is 11.3 Å². The number of thiophene rings is 1. The van der Waals surface area contributed by atoms with Gasteiger partial charge < -0.3 is 19.5 Å². The van der Waals surface area contributed by atoms with E-state index in [1.807, 2.05) is 24.3 Å². The molecule has 0 spiro atoms. The topological polar surface area (TPSA) is 76.1 Å². The molecule has 7 heteroatoms. The molecule has 4 aromatic rings. The van der Waals surface area contributed by atoms with Crippen LogP contribution in [0.1, 0.15) is 67.2 Å². The van der Waals surface area contributed by atoms with Crippen LogP contribution in [0.5, 0.6) is 5.75 Å². The van der Waals surface area contributed by atoms with E-state index in [1.54, 1.807) is 25.2 Å². The van der Waals surface area contributed by atoms with Crippen LogP contribution in [-0.4, -0.2) is 41.8 Å². The molecule has 222 valence electrons. The van der Waals surface area contributed by atoms with Crippen molar-refractivity contribution >= 4 is 33.5 Å². The smallest absolute Gasteiger partial charge is 0.407 e. The third-order valence-electron chi connectivity index (χ3n) is 8.10. The van der Waals surface area contributed by atoms with Crippen LogP contribution in [0.3, 0.4) is 0 Å². The van der Waals surface area contributed by atoms with Crippen LogP contribution in [0.15, 0.2) is 66.0 Å². The Morgan fingerprint density at radius 2 is 1.81 bits per heavy atom. The highest BCUT2D eigenvalue weighted by Crippen LogP contribution is 2.38. The number of rotatable bonds is 9. The molecule has 0 radical (unpaired) electrons. The maximum Gasteiger partial charge on any atom is 0.407 e. The largest absolute Gasteiger partial charge is 0.489 e. The van der Waals surface area contributed by atoms with Gasteiger partial charge in [-0.2, -0.15) is 0 Å². The minimum absolute atomic E-state index is 0.208. The Morgan fingerprint density at radius 3 is 2.49 bits per heavy atom. The summed E-state index contributed by atoms with van der Waals surface area (Å²) in [4.78, 5) is 24.8. The standard InChI is InChI=1S/C36H37NO5S/c1-4-6-28(21-35(38)41-5-2)26-8-11-30(12-9-26)42-22-25-7-14-34-32(20-25)33(23-43-34)31-13-10-29(19-24(31)3)27-15-17-37(18-16-27)36(39)40/h7-14,19-20,23,27-28H,5,15-18,21-22H2,1-3H3,(H,39,40)/t28-/m0/s1. The predicted molar refractivity (Wildman–Crippen MR) is 172 cm³/mol. The van der Waals surface area contributed by atoms with E-state index in [4.69, 9.17) is 9.47 Å². The number of aryl methyl sites for hydroxylation is 1. The molecule has 1 aliphatic heterocycles. The number of benzene rings is 3. The number of hydrogen-bond donors (Lipinski definition) is 1. The van der Waals surface area contributed by atoms with Crippen molar-refractivity contribution in [3.8, 4) is 28.7 Å². The molecule has 1 saturated heterocycles. The number of carboxylic acid groups (broad SMARTS) is 1. The van der Waals surface area contributed by atoms with Crippen molar-refractivity contribution in [3.63, 3.8) is 0 Å². The Balaban J connectivity index is 1.27. The number of amides is 1. The monoisotopic (exact) mass is 595 g/mol. The lowest BCUT2D eigenvalue weighted by atomic mass is 9.87. The molecule has 0 saturated carbocycles. The van der Waals surface area contributed by atoms with Gasteiger partial charge in [0.15, 0.2) is 0 Å². The van der Waals surface area contributed by atoms with E-state index in [9.17, 15) is 14.7 Å². The van der Waals surface area contributed by atoms with Gasteiger partial charge in [-0.05, 0) is 97.0 Å². The molecule has 0 aliphatic carbocycles. The molecule has 0 unspecified atom stereocenters. The number of esters is 1. The summed E-state index contributed by atoms with van der Waals surface area (Å²) in [5.74, 6) is 6.73. The summed E-state index contributed by atoms with van der Waals surface area (Å²) in [6, 6.07) is 21.0. The third kappa shape index (κ3) is 7.21. The molecule has 3 aromatic carbocycles. The number of carbonyl (C=O) groups is 2. The fraction of sp³-hybridized carbons (Fsp3) is 0.333. The molecule has 2 heterocycles. The third-order valence-corrected chi connectivity index (χ3v) is 9.06. The van der Waals surface area contributed by atoms with Crippen molar-refractivity contribution in [1.29, 1.82) is 0 Å². The van der Waals surface area contributed by atoms with Gasteiger partial charge >= 0.3 is 12.1 Å². The average molecular weight is 596 g/mol. The summed E-state index contributed by atoms with van der Waals surface area (Å²) in [6.45, 7) is 7.73. The van der Waals surface area contributed by atoms with Crippen molar-refractivity contribution in [3.05, 3.63) is 88.3 Å². The molecular formula is C36H37NO5S. The minimum Gasteiger partial charge on any atom is -0.489 e. The fourth-order valence-electron chi connectivity index (χ4n) is 5.80. The van der Waals surface area contributed by atoms with E-state index in [1.165, 1.54) is 37.2 Å². The second-order valence-electron chi connectivity index (χ2n) is 10.9. The highest BCUT2D eigenvalue weighted by molar-refractivity contribution is 7.17. The first kappa shape index (κ1) is 30.2. The zero-order chi connectivity index (χ0) is 30.3. The van der Waals surface area contributed by atoms with E-state index in [-0.39, 0.29) is 18.3 Å². The maximum atomic E-state index is 12.0. The van der Waals surface area contributed by atoms with Gasteiger partial charge in [0.2, 0.25) is 0 Å². The van der Waals surface area contributed by atoms with Crippen molar-refractivity contribution in [1.82, 2.24) is 4.90 Å². The first-order valence-corrected chi connectivity index (χ1v) is 15.6. The number of carbonyl (C=O) groups excluding carboxylic acids is 1. The summed E-state index contributed by atoms with van der Waals surface area (Å²) in [5.41, 5.74) is 7.02. The average Bonchev–Trinajstić information content (AvgIpc) is 3.43. The van der Waals surface area contributed by atoms with Gasteiger partial charge in [-0.3, -0.25) is 4.79 Å². The van der Waals surface area contributed by atoms with E-state index in [0.717, 1.165) is 29.7 Å². The summed E-state index contributed by atoms with van der Waals surface area (Å²) in [5, 5.41) is 12.7. The van der Waals surface area contributed by atoms with Crippen molar-refractivity contribution in [2.45, 2.75) is 58.5 Å². The second kappa shape index (κ2) is 13.8. The van der Waals surface area contributed by atoms with Crippen LogP contribution in [0.25, 0.3) is 21.2 Å². The zero-order valence-electron chi connectivity index (χ0n) is 24.9. The van der Waals surface area contributed by atoms with Gasteiger partial charge in [-0.15, -0.1) is 17.3 Å². The molecule has 0 bridgehead atoms. The Kier molecular flexibility index (Phi) is 9.68. The number of hydrogen-bond acceptors (Lipinski definition) is 5. The number of piperidine rings is 1. The van der Waals surface area contributed by atoms with Crippen molar-refractivity contribution in [2.75, 3.05) is 19.7 Å². The van der Waals surface area contributed by atoms with Gasteiger partial charge in [0.25, 0.3) is 0 Å². The summed E-state index contributed by atoms with van der Waals surface area (Å²) >= 11 is 1.75. The van der Waals surface area contributed by atoms with Crippen LogP contribution in [0.2, 0.25) is 0 Å². The molecule has 5 rings (SSSR count). The van der Waals surface area contributed by atoms with Crippen molar-refractivity contribution < 1.29 is 24.2 Å². The van der Waals surface area contributed by atoms with E-state index < -0.39 is 6.09 Å². The van der Waals surface area contributed by atoms with Crippen LogP contribution in [0, 0.1) is 18.8 Å². The quantitative estimate of drug-likeness (QED) is 0.155. The summed E-state index contributed by atoms with van der Waals surface area (Å²) in [6.07, 6.45) is 1.13. The molecule has 1 fully saturated rings. The van der Waals surface area contributed by atoms with Crippen LogP contribution in [-0.2, 0) is 16.1 Å². The molecule has 43 heavy (non-hydrogen) atoms. The molecule has 1 aromatic heterocycles. The lowest BCUT2D eigenvalue weighted by Gasteiger charge is -2.30. The highest BCUT2D eigenvalue weighted by atomic mass is 32.1. The molecule has 1 N–H and O–H groups in total. The van der Waals surface area contributed by atoms with Gasteiger partial charge in [0.05, 0.1) is 18.9 Å². The fourth-order valence-corrected chi connectivity index (χ4v) is 6.74. The van der Waals surface area contributed by atoms with E-state index in [2.05, 4.69) is 60.5 Å². The van der Waals surface area contributed by atoms with E-state index >= 15 is 0 Å². The molecular weight excluding hydrogens is 558 g/mol. The molecule has 6 nitrogen and oxygen atoms in total. The summed E-state index contributed by atoms with van der Waals surface area (Å²) < 4.78 is 12.5. The number of ether oxygens (including phenoxy) is 2. The lowest BCUT2D eigenvalue weighted by molar-refractivity contribution is -0.143. The van der Waals surface area contributed by atoms with Gasteiger partial charge in [-0.25, -0.2) is 4.79 Å². The first-order chi connectivity index (χ1) is 20.9. The second-order valence-corrected chi connectivity index (χ2v) is 11.8. The van der Waals surface area contributed by atoms with Gasteiger partial charge in [0.1, 0.15) is 12.4 Å². The Hall–Kier alpha value is -4.28. The van der Waals surface area contributed by atoms with Crippen molar-refractivity contribution in [2.24, 2.45) is 0 Å². The normalized spacial score (nSPS) is 14.2. The van der Waals surface area contributed by atoms with E-state index in [0.29, 0.717) is 32.2 Å². The maximum absolute atomic E-state index is 12.0. The number of fused-ring (bicyclic) bond motifs is 1. The lowest BCUT2D eigenvalue weighted by Crippen LogP contribution is -2.36. The van der Waals surface area contributed by atoms with Gasteiger partial charge in [0, 0.05) is 28.7 Å². The van der Waals surface area contributed by atoms with Crippen LogP contribution < -0.4 is 4.74 Å². The Labute approximate surface area is 257 Å². The number of likely N-dealkylation sites (tertiary alicyclic amines) is 1. The highest BCUT2D eigenvalue weighted by Gasteiger charge is 2.24. The Bertz CT molecular complexity index is 1650. The number of nitrogens with zero attached hydrogens (tertiary/aromatic N) is 1. The SMILES string of the molecule is CC#C[C@@H](CC(=O)OCC)c1ccc(OCc2ccc3scc(-c4ccc(C5CCN(C(=O)O)CC5)cc4C)c3c2)cc1. The van der Waals surface area contributed by atoms with Gasteiger partial charge in [-0.1, -0.05) is 42.3 Å². The zero-order valence-corrected chi connectivity index (χ0v) is 25.7. The first-order valence-electron chi connectivity index (χ1n) is 14.8. The summed E-state index contributed by atoms with van der Waals surface area (Å²) in [7, 11) is 0. The predicted octanol–water partition coefficient (Wildman–Crippen LogP) is 8.37. The Morgan fingerprint density at radius 1 is 1.05 bits per heavy atom. The minimum atomic E-state index is -0.823. The van der Waals surface area contributed by atoms with Crippen LogP contribution in [0.4, 0.5) is 4.79 Å². The molecule has 1 atom stereocenters.